The third-order valence-corrected chi connectivity index (χ3v) is 4.96. The first-order valence-electron chi connectivity index (χ1n) is 9.35. The standard InChI is InChI=1S/C22H14N6O2/c1-2-5-15-14(4-1)19-16(6-3-9-23-19)21-20(15)25-22(28-26-21)27-24-11-13-7-8-17-18(10-13)30-12-29-17/h1-11H,12H2,(H,25,27,28)/b24-11+. The molecule has 0 radical (unpaired) electrons. The second-order valence-corrected chi connectivity index (χ2v) is 6.76. The lowest BCUT2D eigenvalue weighted by molar-refractivity contribution is 0.174. The van der Waals surface area contributed by atoms with Crippen molar-refractivity contribution in [3.05, 3.63) is 66.4 Å². The number of benzene rings is 3. The lowest BCUT2D eigenvalue weighted by Gasteiger charge is -2.08. The monoisotopic (exact) mass is 394 g/mol. The van der Waals surface area contributed by atoms with Crippen molar-refractivity contribution < 1.29 is 9.47 Å². The predicted molar refractivity (Wildman–Crippen MR) is 114 cm³/mol. The average molecular weight is 394 g/mol. The summed E-state index contributed by atoms with van der Waals surface area (Å²) < 4.78 is 10.7. The number of pyridine rings is 1. The molecule has 3 aromatic carbocycles. The van der Waals surface area contributed by atoms with E-state index >= 15 is 0 Å². The molecule has 0 amide bonds. The Kier molecular flexibility index (Phi) is 3.67. The van der Waals surface area contributed by atoms with Gasteiger partial charge in [0.15, 0.2) is 11.5 Å². The van der Waals surface area contributed by atoms with Crippen LogP contribution in [0.3, 0.4) is 0 Å². The summed E-state index contributed by atoms with van der Waals surface area (Å²) in [5.41, 5.74) is 6.08. The Morgan fingerprint density at radius 3 is 2.60 bits per heavy atom. The number of hydrogen-bond acceptors (Lipinski definition) is 8. The molecular weight excluding hydrogens is 380 g/mol. The van der Waals surface area contributed by atoms with E-state index in [1.54, 1.807) is 12.4 Å². The molecule has 0 bridgehead atoms. The topological polar surface area (TPSA) is 94.4 Å². The normalized spacial score (nSPS) is 12.9. The molecule has 30 heavy (non-hydrogen) atoms. The summed E-state index contributed by atoms with van der Waals surface area (Å²) in [5, 5.41) is 15.8. The molecule has 0 spiro atoms. The molecule has 5 aromatic rings. The van der Waals surface area contributed by atoms with Gasteiger partial charge < -0.3 is 9.47 Å². The lowest BCUT2D eigenvalue weighted by Crippen LogP contribution is -2.00. The molecule has 8 heteroatoms. The summed E-state index contributed by atoms with van der Waals surface area (Å²) in [5.74, 6) is 1.75. The molecule has 8 nitrogen and oxygen atoms in total. The van der Waals surface area contributed by atoms with Crippen LogP contribution in [0.15, 0.2) is 65.9 Å². The summed E-state index contributed by atoms with van der Waals surface area (Å²) in [7, 11) is 0. The molecule has 0 saturated heterocycles. The maximum atomic E-state index is 5.38. The maximum absolute atomic E-state index is 5.38. The van der Waals surface area contributed by atoms with E-state index in [9.17, 15) is 0 Å². The first kappa shape index (κ1) is 16.6. The number of nitrogens with zero attached hydrogens (tertiary/aromatic N) is 5. The van der Waals surface area contributed by atoms with Crippen molar-refractivity contribution >= 4 is 44.9 Å². The summed E-state index contributed by atoms with van der Waals surface area (Å²) in [6.45, 7) is 0.239. The molecular formula is C22H14N6O2. The third-order valence-electron chi connectivity index (χ3n) is 4.96. The van der Waals surface area contributed by atoms with Gasteiger partial charge in [0.25, 0.3) is 5.95 Å². The van der Waals surface area contributed by atoms with Gasteiger partial charge in [-0.3, -0.25) is 4.98 Å². The van der Waals surface area contributed by atoms with Crippen molar-refractivity contribution in [3.63, 3.8) is 0 Å². The van der Waals surface area contributed by atoms with Crippen LogP contribution in [-0.4, -0.2) is 33.2 Å². The maximum Gasteiger partial charge on any atom is 0.263 e. The highest BCUT2D eigenvalue weighted by molar-refractivity contribution is 6.21. The molecule has 3 heterocycles. The van der Waals surface area contributed by atoms with E-state index < -0.39 is 0 Å². The largest absolute Gasteiger partial charge is 0.454 e. The minimum absolute atomic E-state index is 0.239. The van der Waals surface area contributed by atoms with Crippen LogP contribution < -0.4 is 14.9 Å². The summed E-state index contributed by atoms with van der Waals surface area (Å²) >= 11 is 0. The van der Waals surface area contributed by atoms with Gasteiger partial charge in [0.1, 0.15) is 11.0 Å². The first-order valence-corrected chi connectivity index (χ1v) is 9.35. The van der Waals surface area contributed by atoms with Gasteiger partial charge in [-0.05, 0) is 35.9 Å². The van der Waals surface area contributed by atoms with Gasteiger partial charge in [0, 0.05) is 22.4 Å². The zero-order chi connectivity index (χ0) is 19.9. The third kappa shape index (κ3) is 2.66. The van der Waals surface area contributed by atoms with Crippen LogP contribution in [0.4, 0.5) is 5.95 Å². The quantitative estimate of drug-likeness (QED) is 0.282. The van der Waals surface area contributed by atoms with E-state index in [0.29, 0.717) is 17.2 Å². The van der Waals surface area contributed by atoms with Crippen LogP contribution in [0.1, 0.15) is 5.56 Å². The molecule has 0 aliphatic carbocycles. The van der Waals surface area contributed by atoms with Crippen molar-refractivity contribution in [2.75, 3.05) is 12.2 Å². The lowest BCUT2D eigenvalue weighted by atomic mass is 10.0. The summed E-state index contributed by atoms with van der Waals surface area (Å²) in [6, 6.07) is 17.5. The highest BCUT2D eigenvalue weighted by Gasteiger charge is 2.13. The fourth-order valence-electron chi connectivity index (χ4n) is 3.61. The van der Waals surface area contributed by atoms with Gasteiger partial charge in [-0.2, -0.15) is 5.10 Å². The summed E-state index contributed by atoms with van der Waals surface area (Å²) in [4.78, 5) is 9.21. The highest BCUT2D eigenvalue weighted by Crippen LogP contribution is 2.32. The SMILES string of the molecule is C(=N\Nc1nnc2c3cccnc3c3ccccc3c2n1)/c1ccc2c(c1)OCO2. The summed E-state index contributed by atoms with van der Waals surface area (Å²) in [6.07, 6.45) is 3.44. The predicted octanol–water partition coefficient (Wildman–Crippen LogP) is 3.90. The molecule has 0 atom stereocenters. The van der Waals surface area contributed by atoms with Crippen LogP contribution in [0.2, 0.25) is 0 Å². The molecule has 0 fully saturated rings. The molecule has 1 N–H and O–H groups in total. The van der Waals surface area contributed by atoms with Crippen molar-refractivity contribution in [3.8, 4) is 11.5 Å². The second kappa shape index (κ2) is 6.63. The Balaban J connectivity index is 1.40. The van der Waals surface area contributed by atoms with Crippen LogP contribution in [0.5, 0.6) is 11.5 Å². The Bertz CT molecular complexity index is 1430. The minimum atomic E-state index is 0.239. The van der Waals surface area contributed by atoms with E-state index in [1.807, 2.05) is 54.6 Å². The van der Waals surface area contributed by atoms with Crippen molar-refractivity contribution in [2.45, 2.75) is 0 Å². The van der Waals surface area contributed by atoms with Crippen LogP contribution in [-0.2, 0) is 0 Å². The van der Waals surface area contributed by atoms with Crippen molar-refractivity contribution in [2.24, 2.45) is 5.10 Å². The number of rotatable bonds is 3. The highest BCUT2D eigenvalue weighted by atomic mass is 16.7. The van der Waals surface area contributed by atoms with Crippen LogP contribution in [0.25, 0.3) is 32.7 Å². The van der Waals surface area contributed by atoms with Gasteiger partial charge in [0.05, 0.1) is 11.7 Å². The van der Waals surface area contributed by atoms with Crippen LogP contribution >= 0.6 is 0 Å². The number of hydrazone groups is 1. The van der Waals surface area contributed by atoms with Gasteiger partial charge in [-0.1, -0.05) is 24.3 Å². The number of hydrogen-bond donors (Lipinski definition) is 1. The Hall–Kier alpha value is -4.33. The molecule has 1 aliphatic heterocycles. The molecule has 0 unspecified atom stereocenters. The molecule has 144 valence electrons. The van der Waals surface area contributed by atoms with Crippen molar-refractivity contribution in [1.82, 2.24) is 20.2 Å². The van der Waals surface area contributed by atoms with Crippen LogP contribution in [0, 0.1) is 0 Å². The van der Waals surface area contributed by atoms with Gasteiger partial charge >= 0.3 is 0 Å². The fraction of sp³-hybridized carbons (Fsp3) is 0.0455. The zero-order valence-electron chi connectivity index (χ0n) is 15.6. The Morgan fingerprint density at radius 2 is 1.67 bits per heavy atom. The molecule has 6 rings (SSSR count). The second-order valence-electron chi connectivity index (χ2n) is 6.76. The molecule has 0 saturated carbocycles. The number of nitrogens with one attached hydrogen (secondary N) is 1. The van der Waals surface area contributed by atoms with E-state index in [4.69, 9.17) is 9.47 Å². The van der Waals surface area contributed by atoms with Crippen molar-refractivity contribution in [1.29, 1.82) is 0 Å². The minimum Gasteiger partial charge on any atom is -0.454 e. The van der Waals surface area contributed by atoms with Gasteiger partial charge in [-0.25, -0.2) is 10.4 Å². The van der Waals surface area contributed by atoms with E-state index in [0.717, 1.165) is 38.5 Å². The number of anilines is 1. The number of ether oxygens (including phenoxy) is 2. The molecule has 2 aromatic heterocycles. The van der Waals surface area contributed by atoms with E-state index in [1.165, 1.54) is 0 Å². The number of fused-ring (bicyclic) bond motifs is 7. The van der Waals surface area contributed by atoms with E-state index in [-0.39, 0.29) is 6.79 Å². The average Bonchev–Trinajstić information content (AvgIpc) is 3.27. The smallest absolute Gasteiger partial charge is 0.263 e. The van der Waals surface area contributed by atoms with Gasteiger partial charge in [-0.15, -0.1) is 10.2 Å². The zero-order valence-corrected chi connectivity index (χ0v) is 15.6. The fourth-order valence-corrected chi connectivity index (χ4v) is 3.61. The van der Waals surface area contributed by atoms with Gasteiger partial charge in [0.2, 0.25) is 6.79 Å². The Labute approximate surface area is 170 Å². The van der Waals surface area contributed by atoms with E-state index in [2.05, 4.69) is 30.7 Å². The number of aromatic nitrogens is 4. The first-order chi connectivity index (χ1) is 14.9. The molecule has 1 aliphatic rings. The Morgan fingerprint density at radius 1 is 0.833 bits per heavy atom.